The van der Waals surface area contributed by atoms with Crippen LogP contribution < -0.4 is 9.64 Å². The fraction of sp³-hybridized carbons (Fsp3) is 0.214. The van der Waals surface area contributed by atoms with Gasteiger partial charge < -0.3 is 14.6 Å². The molecule has 0 aliphatic carbocycles. The van der Waals surface area contributed by atoms with Gasteiger partial charge in [0.2, 0.25) is 0 Å². The van der Waals surface area contributed by atoms with Crippen molar-refractivity contribution in [3.8, 4) is 5.75 Å². The Morgan fingerprint density at radius 1 is 1.11 bits per heavy atom. The summed E-state index contributed by atoms with van der Waals surface area (Å²) in [4.78, 5) is 44.3. The van der Waals surface area contributed by atoms with Gasteiger partial charge in [0, 0.05) is 23.6 Å². The topological polar surface area (TPSA) is 106 Å². The lowest BCUT2D eigenvalue weighted by Gasteiger charge is -2.25. The lowest BCUT2D eigenvalue weighted by atomic mass is 9.96. The Labute approximate surface area is 222 Å². The van der Waals surface area contributed by atoms with E-state index in [1.807, 2.05) is 13.8 Å². The number of nitrogens with zero attached hydrogens (tertiary/aromatic N) is 2. The van der Waals surface area contributed by atoms with E-state index in [4.69, 9.17) is 9.47 Å². The maximum absolute atomic E-state index is 13.3. The van der Waals surface area contributed by atoms with Crippen molar-refractivity contribution in [2.75, 3.05) is 18.6 Å². The number of aromatic nitrogens is 1. The van der Waals surface area contributed by atoms with Gasteiger partial charge in [-0.15, -0.1) is 0 Å². The van der Waals surface area contributed by atoms with E-state index in [-0.39, 0.29) is 23.9 Å². The molecule has 1 unspecified atom stereocenters. The van der Waals surface area contributed by atoms with E-state index in [0.717, 1.165) is 0 Å². The zero-order valence-corrected chi connectivity index (χ0v) is 22.1. The number of hydrogen-bond donors (Lipinski definition) is 1. The molecule has 0 radical (unpaired) electrons. The molecule has 1 aliphatic heterocycles. The highest BCUT2D eigenvalue weighted by Gasteiger charge is 2.47. The molecule has 1 aromatic heterocycles. The monoisotopic (exact) mass is 564 g/mol. The molecular weight excluding hydrogens is 540 g/mol. The van der Waals surface area contributed by atoms with Crippen LogP contribution in [0.1, 0.15) is 41.4 Å². The van der Waals surface area contributed by atoms with Crippen molar-refractivity contribution in [3.05, 3.63) is 93.7 Å². The number of esters is 1. The average molecular weight is 565 g/mol. The summed E-state index contributed by atoms with van der Waals surface area (Å²) < 4.78 is 11.1. The van der Waals surface area contributed by atoms with Gasteiger partial charge in [-0.25, -0.2) is 4.79 Å². The number of ketones is 1. The molecule has 2 aromatic carbocycles. The minimum atomic E-state index is -0.937. The van der Waals surface area contributed by atoms with Crippen LogP contribution in [0, 0.1) is 5.92 Å². The van der Waals surface area contributed by atoms with Crippen LogP contribution in [0.5, 0.6) is 5.75 Å². The van der Waals surface area contributed by atoms with Crippen molar-refractivity contribution in [2.24, 2.45) is 5.92 Å². The first-order valence-electron chi connectivity index (χ1n) is 11.5. The van der Waals surface area contributed by atoms with Crippen LogP contribution in [0.3, 0.4) is 0 Å². The van der Waals surface area contributed by atoms with E-state index < -0.39 is 23.7 Å². The summed E-state index contributed by atoms with van der Waals surface area (Å²) in [7, 11) is 1.52. The average Bonchev–Trinajstić information content (AvgIpc) is 3.17. The largest absolute Gasteiger partial charge is 0.507 e. The van der Waals surface area contributed by atoms with Crippen LogP contribution in [0.25, 0.3) is 5.76 Å². The zero-order chi connectivity index (χ0) is 26.7. The number of rotatable bonds is 7. The van der Waals surface area contributed by atoms with Crippen molar-refractivity contribution in [2.45, 2.75) is 19.9 Å². The number of carbonyl (C=O) groups excluding carboxylic acids is 3. The number of aliphatic hydroxyl groups excluding tert-OH is 1. The van der Waals surface area contributed by atoms with Crippen molar-refractivity contribution in [1.29, 1.82) is 0 Å². The molecule has 1 amide bonds. The van der Waals surface area contributed by atoms with E-state index in [2.05, 4.69) is 20.9 Å². The van der Waals surface area contributed by atoms with Crippen LogP contribution >= 0.6 is 15.9 Å². The third kappa shape index (κ3) is 5.27. The predicted octanol–water partition coefficient (Wildman–Crippen LogP) is 5.29. The van der Waals surface area contributed by atoms with Crippen molar-refractivity contribution >= 4 is 45.0 Å². The standard InChI is InChI=1S/C28H25BrN2O6/c1-16(2)15-37-28(35)17-6-9-20(10-7-17)31-24(19-5-4-12-30-14-19)23(26(33)27(31)34)25(32)18-8-11-22(36-3)21(29)13-18/h4-14,16,24,32H,15H2,1-3H3/b25-23-. The summed E-state index contributed by atoms with van der Waals surface area (Å²) in [6, 6.07) is 13.6. The third-order valence-electron chi connectivity index (χ3n) is 5.80. The number of methoxy groups -OCH3 is 1. The fourth-order valence-corrected chi connectivity index (χ4v) is 4.55. The smallest absolute Gasteiger partial charge is 0.338 e. The molecule has 4 rings (SSSR count). The number of pyridine rings is 1. The highest BCUT2D eigenvalue weighted by atomic mass is 79.9. The fourth-order valence-electron chi connectivity index (χ4n) is 4.00. The molecule has 37 heavy (non-hydrogen) atoms. The first kappa shape index (κ1) is 26.1. The Morgan fingerprint density at radius 2 is 1.81 bits per heavy atom. The number of Topliss-reactive ketones (excluding diaryl/α,β-unsaturated/α-hetero) is 1. The number of anilines is 1. The molecule has 1 fully saturated rings. The van der Waals surface area contributed by atoms with Crippen LogP contribution in [0.4, 0.5) is 5.69 Å². The second-order valence-electron chi connectivity index (χ2n) is 8.84. The summed E-state index contributed by atoms with van der Waals surface area (Å²) in [5, 5.41) is 11.3. The van der Waals surface area contributed by atoms with Crippen LogP contribution in [-0.2, 0) is 14.3 Å². The maximum Gasteiger partial charge on any atom is 0.338 e. The van der Waals surface area contributed by atoms with Crippen molar-refractivity contribution in [3.63, 3.8) is 0 Å². The summed E-state index contributed by atoms with van der Waals surface area (Å²) in [5.74, 6) is -1.70. The number of aliphatic hydroxyl groups is 1. The van der Waals surface area contributed by atoms with Gasteiger partial charge in [-0.3, -0.25) is 19.5 Å². The van der Waals surface area contributed by atoms with Gasteiger partial charge in [0.05, 0.1) is 35.4 Å². The molecule has 1 saturated heterocycles. The van der Waals surface area contributed by atoms with E-state index in [1.54, 1.807) is 54.9 Å². The molecule has 2 heterocycles. The number of amides is 1. The molecule has 3 aromatic rings. The molecule has 1 atom stereocenters. The summed E-state index contributed by atoms with van der Waals surface area (Å²) >= 11 is 3.39. The second-order valence-corrected chi connectivity index (χ2v) is 9.70. The normalized spacial score (nSPS) is 16.8. The Morgan fingerprint density at radius 3 is 2.41 bits per heavy atom. The number of benzene rings is 2. The summed E-state index contributed by atoms with van der Waals surface area (Å²) in [6.45, 7) is 4.17. The molecule has 1 aliphatic rings. The Kier molecular flexibility index (Phi) is 7.73. The Hall–Kier alpha value is -3.98. The van der Waals surface area contributed by atoms with Gasteiger partial charge in [0.15, 0.2) is 0 Å². The van der Waals surface area contributed by atoms with E-state index in [1.165, 1.54) is 24.1 Å². The summed E-state index contributed by atoms with van der Waals surface area (Å²) in [6.07, 6.45) is 3.12. The van der Waals surface area contributed by atoms with Gasteiger partial charge in [0.25, 0.3) is 11.7 Å². The van der Waals surface area contributed by atoms with Crippen molar-refractivity contribution < 1.29 is 29.0 Å². The molecule has 0 bridgehead atoms. The molecule has 1 N–H and O–H groups in total. The first-order chi connectivity index (χ1) is 17.7. The van der Waals surface area contributed by atoms with Gasteiger partial charge in [0.1, 0.15) is 11.5 Å². The Bertz CT molecular complexity index is 1370. The van der Waals surface area contributed by atoms with Gasteiger partial charge >= 0.3 is 5.97 Å². The molecule has 0 spiro atoms. The number of ether oxygens (including phenoxy) is 2. The zero-order valence-electron chi connectivity index (χ0n) is 20.5. The molecule has 0 saturated carbocycles. The second kappa shape index (κ2) is 11.0. The molecular formula is C28H25BrN2O6. The SMILES string of the molecule is COc1ccc(/C(O)=C2/C(=O)C(=O)N(c3ccc(C(=O)OCC(C)C)cc3)C2c2cccnc2)cc1Br. The Balaban J connectivity index is 1.78. The van der Waals surface area contributed by atoms with Crippen LogP contribution in [-0.4, -0.2) is 41.5 Å². The highest BCUT2D eigenvalue weighted by molar-refractivity contribution is 9.10. The van der Waals surface area contributed by atoms with Gasteiger partial charge in [-0.2, -0.15) is 0 Å². The van der Waals surface area contributed by atoms with Crippen LogP contribution in [0.15, 0.2) is 77.0 Å². The first-order valence-corrected chi connectivity index (χ1v) is 12.3. The minimum Gasteiger partial charge on any atom is -0.507 e. The maximum atomic E-state index is 13.3. The van der Waals surface area contributed by atoms with Gasteiger partial charge in [-0.1, -0.05) is 19.9 Å². The molecule has 8 nitrogen and oxygen atoms in total. The highest BCUT2D eigenvalue weighted by Crippen LogP contribution is 2.42. The molecule has 9 heteroatoms. The minimum absolute atomic E-state index is 0.0736. The third-order valence-corrected chi connectivity index (χ3v) is 6.42. The lowest BCUT2D eigenvalue weighted by molar-refractivity contribution is -0.132. The quantitative estimate of drug-likeness (QED) is 0.180. The van der Waals surface area contributed by atoms with E-state index >= 15 is 0 Å². The van der Waals surface area contributed by atoms with Crippen LogP contribution in [0.2, 0.25) is 0 Å². The number of hydrogen-bond acceptors (Lipinski definition) is 7. The number of halogens is 1. The van der Waals surface area contributed by atoms with Crippen molar-refractivity contribution in [1.82, 2.24) is 4.98 Å². The number of carbonyl (C=O) groups is 3. The lowest BCUT2D eigenvalue weighted by Crippen LogP contribution is -2.29. The summed E-state index contributed by atoms with van der Waals surface area (Å²) in [5.41, 5.74) is 1.50. The van der Waals surface area contributed by atoms with E-state index in [0.29, 0.717) is 32.6 Å². The molecule has 190 valence electrons. The van der Waals surface area contributed by atoms with Gasteiger partial charge in [-0.05, 0) is 75.9 Å². The van der Waals surface area contributed by atoms with E-state index in [9.17, 15) is 19.5 Å². The predicted molar refractivity (Wildman–Crippen MR) is 141 cm³/mol.